The molecule has 0 aliphatic heterocycles. The van der Waals surface area contributed by atoms with Crippen LogP contribution in [-0.4, -0.2) is 6.18 Å². The summed E-state index contributed by atoms with van der Waals surface area (Å²) in [5.74, 6) is 0. The van der Waals surface area contributed by atoms with E-state index in [0.717, 1.165) is 18.3 Å². The lowest BCUT2D eigenvalue weighted by Gasteiger charge is -2.25. The molecule has 1 radical (unpaired) electrons. The first-order valence-corrected chi connectivity index (χ1v) is 4.20. The zero-order valence-electron chi connectivity index (χ0n) is 6.48. The first-order chi connectivity index (χ1) is 5.36. The zero-order chi connectivity index (χ0) is 9.41. The van der Waals surface area contributed by atoms with Gasteiger partial charge in [-0.3, -0.25) is 0 Å². The van der Waals surface area contributed by atoms with Gasteiger partial charge in [-0.2, -0.15) is 13.2 Å². The van der Waals surface area contributed by atoms with Gasteiger partial charge in [-0.25, -0.2) is 0 Å². The Morgan fingerprint density at radius 3 is 2.33 bits per heavy atom. The molecule has 4 heteroatoms. The number of hydrogen-bond acceptors (Lipinski definition) is 1. The van der Waals surface area contributed by atoms with Crippen molar-refractivity contribution in [2.75, 3.05) is 0 Å². The quantitative estimate of drug-likeness (QED) is 0.641. The van der Waals surface area contributed by atoms with Crippen molar-refractivity contribution in [1.82, 2.24) is 0 Å². The molecular weight excluding hydrogens is 185 g/mol. The van der Waals surface area contributed by atoms with E-state index in [1.807, 2.05) is 0 Å². The van der Waals surface area contributed by atoms with Crippen molar-refractivity contribution in [2.45, 2.75) is 18.5 Å². The number of thiophene rings is 1. The van der Waals surface area contributed by atoms with Gasteiger partial charge in [-0.05, 0) is 25.3 Å². The summed E-state index contributed by atoms with van der Waals surface area (Å²) in [5.41, 5.74) is -1.97. The van der Waals surface area contributed by atoms with Gasteiger partial charge in [-0.15, -0.1) is 11.3 Å². The Morgan fingerprint density at radius 1 is 1.42 bits per heavy atom. The largest absolute Gasteiger partial charge is 0.398 e. The molecule has 0 spiro atoms. The van der Waals surface area contributed by atoms with E-state index in [4.69, 9.17) is 0 Å². The van der Waals surface area contributed by atoms with E-state index in [2.05, 4.69) is 6.92 Å². The highest BCUT2D eigenvalue weighted by Gasteiger charge is 2.49. The SMILES string of the molecule is [CH2]C(C)(c1cccs1)C(F)(F)F. The summed E-state index contributed by atoms with van der Waals surface area (Å²) in [5, 5.41) is 1.62. The lowest BCUT2D eigenvalue weighted by atomic mass is 9.91. The molecule has 0 bridgehead atoms. The van der Waals surface area contributed by atoms with Crippen LogP contribution in [0.2, 0.25) is 0 Å². The molecule has 0 aliphatic rings. The maximum Gasteiger partial charge on any atom is 0.398 e. The van der Waals surface area contributed by atoms with Gasteiger partial charge in [-0.1, -0.05) is 6.07 Å². The Bertz CT molecular complexity index is 246. The Hall–Kier alpha value is -0.510. The standard InChI is InChI=1S/C8H8F3S/c1-7(2,8(9,10)11)6-4-3-5-12-6/h3-5H,1H2,2H3. The highest BCUT2D eigenvalue weighted by atomic mass is 32.1. The molecule has 0 aromatic carbocycles. The average Bonchev–Trinajstić information content (AvgIpc) is 2.34. The lowest BCUT2D eigenvalue weighted by Crippen LogP contribution is -2.35. The van der Waals surface area contributed by atoms with E-state index < -0.39 is 11.6 Å². The highest BCUT2D eigenvalue weighted by molar-refractivity contribution is 7.10. The summed E-state index contributed by atoms with van der Waals surface area (Å²) in [6, 6.07) is 3.04. The highest BCUT2D eigenvalue weighted by Crippen LogP contribution is 2.41. The van der Waals surface area contributed by atoms with Crippen molar-refractivity contribution in [1.29, 1.82) is 0 Å². The molecule has 1 aromatic rings. The van der Waals surface area contributed by atoms with Crippen molar-refractivity contribution in [2.24, 2.45) is 0 Å². The molecule has 0 fully saturated rings. The fourth-order valence-corrected chi connectivity index (χ4v) is 1.57. The zero-order valence-corrected chi connectivity index (χ0v) is 7.30. The number of halogens is 3. The van der Waals surface area contributed by atoms with Gasteiger partial charge in [0.1, 0.15) is 0 Å². The van der Waals surface area contributed by atoms with Crippen LogP contribution in [0.1, 0.15) is 11.8 Å². The van der Waals surface area contributed by atoms with Gasteiger partial charge in [0.25, 0.3) is 0 Å². The summed E-state index contributed by atoms with van der Waals surface area (Å²) < 4.78 is 37.0. The van der Waals surface area contributed by atoms with Crippen molar-refractivity contribution in [3.05, 3.63) is 29.3 Å². The molecule has 0 nitrogen and oxygen atoms in total. The third-order valence-electron chi connectivity index (χ3n) is 1.69. The second-order valence-corrected chi connectivity index (χ2v) is 3.75. The van der Waals surface area contributed by atoms with E-state index in [-0.39, 0.29) is 4.88 Å². The molecule has 67 valence electrons. The summed E-state index contributed by atoms with van der Waals surface area (Å²) in [4.78, 5) is 0.245. The van der Waals surface area contributed by atoms with Crippen molar-refractivity contribution in [3.8, 4) is 0 Å². The minimum Gasteiger partial charge on any atom is -0.170 e. The predicted octanol–water partition coefficient (Wildman–Crippen LogP) is 3.40. The van der Waals surface area contributed by atoms with Crippen molar-refractivity contribution >= 4 is 11.3 Å². The van der Waals surface area contributed by atoms with E-state index in [1.165, 1.54) is 6.07 Å². The summed E-state index contributed by atoms with van der Waals surface area (Å²) in [6.07, 6.45) is -4.28. The molecule has 1 atom stereocenters. The molecule has 0 saturated carbocycles. The second-order valence-electron chi connectivity index (χ2n) is 2.81. The van der Waals surface area contributed by atoms with Crippen LogP contribution >= 0.6 is 11.3 Å². The molecule has 12 heavy (non-hydrogen) atoms. The summed E-state index contributed by atoms with van der Waals surface area (Å²) >= 11 is 1.07. The van der Waals surface area contributed by atoms with Crippen LogP contribution in [0.25, 0.3) is 0 Å². The third kappa shape index (κ3) is 1.48. The first kappa shape index (κ1) is 9.58. The van der Waals surface area contributed by atoms with Crippen LogP contribution in [-0.2, 0) is 5.41 Å². The van der Waals surface area contributed by atoms with Crippen LogP contribution < -0.4 is 0 Å². The fourth-order valence-electron chi connectivity index (χ4n) is 0.732. The van der Waals surface area contributed by atoms with Crippen LogP contribution in [0, 0.1) is 6.92 Å². The minimum atomic E-state index is -4.28. The molecule has 0 amide bonds. The van der Waals surface area contributed by atoms with E-state index in [0.29, 0.717) is 0 Å². The molecule has 1 heterocycles. The summed E-state index contributed by atoms with van der Waals surface area (Å²) in [7, 11) is 0. The lowest BCUT2D eigenvalue weighted by molar-refractivity contribution is -0.171. The molecule has 0 N–H and O–H groups in total. The third-order valence-corrected chi connectivity index (χ3v) is 2.82. The molecule has 0 aliphatic carbocycles. The number of rotatable bonds is 1. The van der Waals surface area contributed by atoms with Gasteiger partial charge in [0.2, 0.25) is 0 Å². The van der Waals surface area contributed by atoms with Gasteiger partial charge >= 0.3 is 6.18 Å². The van der Waals surface area contributed by atoms with Crippen LogP contribution in [0.5, 0.6) is 0 Å². The van der Waals surface area contributed by atoms with Crippen LogP contribution in [0.3, 0.4) is 0 Å². The smallest absolute Gasteiger partial charge is 0.170 e. The van der Waals surface area contributed by atoms with Gasteiger partial charge < -0.3 is 0 Å². The van der Waals surface area contributed by atoms with E-state index in [1.54, 1.807) is 11.4 Å². The molecule has 1 unspecified atom stereocenters. The van der Waals surface area contributed by atoms with Crippen LogP contribution in [0.15, 0.2) is 17.5 Å². The predicted molar refractivity (Wildman–Crippen MR) is 43.1 cm³/mol. The van der Waals surface area contributed by atoms with Crippen molar-refractivity contribution in [3.63, 3.8) is 0 Å². The van der Waals surface area contributed by atoms with E-state index >= 15 is 0 Å². The van der Waals surface area contributed by atoms with Gasteiger partial charge in [0, 0.05) is 4.88 Å². The van der Waals surface area contributed by atoms with Gasteiger partial charge in [0.05, 0.1) is 5.41 Å². The first-order valence-electron chi connectivity index (χ1n) is 3.32. The van der Waals surface area contributed by atoms with E-state index in [9.17, 15) is 13.2 Å². The van der Waals surface area contributed by atoms with Crippen molar-refractivity contribution < 1.29 is 13.2 Å². The Kier molecular flexibility index (Phi) is 2.21. The molecule has 0 saturated heterocycles. The Labute approximate surface area is 73.0 Å². The Balaban J connectivity index is 3.02. The maximum absolute atomic E-state index is 12.3. The number of alkyl halides is 3. The van der Waals surface area contributed by atoms with Crippen LogP contribution in [0.4, 0.5) is 13.2 Å². The monoisotopic (exact) mass is 193 g/mol. The maximum atomic E-state index is 12.3. The average molecular weight is 193 g/mol. The normalized spacial score (nSPS) is 13.4. The number of hydrogen-bond donors (Lipinski definition) is 0. The topological polar surface area (TPSA) is 0 Å². The summed E-state index contributed by atoms with van der Waals surface area (Å²) in [6.45, 7) is 4.25. The molecule has 1 rings (SSSR count). The fraction of sp³-hybridized carbons (Fsp3) is 0.375. The molecular formula is C8H8F3S. The minimum absolute atomic E-state index is 0.245. The Morgan fingerprint density at radius 2 is 2.00 bits per heavy atom. The second kappa shape index (κ2) is 2.76. The molecule has 1 aromatic heterocycles. The van der Waals surface area contributed by atoms with Gasteiger partial charge in [0.15, 0.2) is 0 Å².